The fourth-order valence-corrected chi connectivity index (χ4v) is 8.49. The van der Waals surface area contributed by atoms with Gasteiger partial charge in [0.15, 0.2) is 17.5 Å². The summed E-state index contributed by atoms with van der Waals surface area (Å²) in [6.45, 7) is 0. The molecule has 4 nitrogen and oxygen atoms in total. The van der Waals surface area contributed by atoms with E-state index in [0.29, 0.717) is 17.5 Å². The maximum Gasteiger partial charge on any atom is 0.164 e. The first-order valence-corrected chi connectivity index (χ1v) is 17.6. The smallest absolute Gasteiger partial charge is 0.164 e. The van der Waals surface area contributed by atoms with E-state index in [1.165, 1.54) is 38.9 Å². The zero-order valence-corrected chi connectivity index (χ0v) is 28.0. The molecule has 0 fully saturated rings. The largest absolute Gasteiger partial charge is 0.456 e. The lowest BCUT2D eigenvalue weighted by atomic mass is 9.65. The van der Waals surface area contributed by atoms with Crippen LogP contribution in [0, 0.1) is 0 Å². The molecule has 2 heterocycles. The SMILES string of the molecule is C1=Cc2ccc(-c3nc(-c4ccccc4)nc(-c4ccccc4)n3)cc2C2(c3ccccc31)c1ccccc1-c1cc3oc4ccccc4c3cc12. The summed E-state index contributed by atoms with van der Waals surface area (Å²) in [7, 11) is 0. The van der Waals surface area contributed by atoms with E-state index < -0.39 is 5.41 Å². The van der Waals surface area contributed by atoms with Crippen LogP contribution in [0.15, 0.2) is 168 Å². The fourth-order valence-electron chi connectivity index (χ4n) is 8.49. The number of hydrogen-bond donors (Lipinski definition) is 0. The average Bonchev–Trinajstić information content (AvgIpc) is 3.67. The second-order valence-electron chi connectivity index (χ2n) is 13.5. The number of benzene rings is 7. The molecule has 0 saturated carbocycles. The van der Waals surface area contributed by atoms with Gasteiger partial charge in [0.05, 0.1) is 5.41 Å². The third-order valence-electron chi connectivity index (χ3n) is 10.8. The molecule has 1 atom stereocenters. The minimum atomic E-state index is -0.624. The molecule has 0 bridgehead atoms. The first-order valence-electron chi connectivity index (χ1n) is 17.6. The molecule has 2 aliphatic rings. The molecule has 242 valence electrons. The molecule has 1 spiro atoms. The molecule has 0 N–H and O–H groups in total. The second-order valence-corrected chi connectivity index (χ2v) is 13.5. The van der Waals surface area contributed by atoms with Crippen molar-refractivity contribution in [3.63, 3.8) is 0 Å². The van der Waals surface area contributed by atoms with Crippen molar-refractivity contribution in [2.75, 3.05) is 0 Å². The summed E-state index contributed by atoms with van der Waals surface area (Å²) in [5.41, 5.74) is 13.7. The standard InChI is InChI=1S/C48H29N3O/c1-3-14-32(15-4-1)45-49-46(33-16-5-2-6-17-33)51-47(50-45)34-26-25-31-24-23-30-13-7-10-20-39(30)48(41(31)27-34)40-21-11-8-18-35(40)37-29-44-38(28-42(37)48)36-19-9-12-22-43(36)52-44/h1-29H. The molecule has 0 aliphatic heterocycles. The molecule has 52 heavy (non-hydrogen) atoms. The van der Waals surface area contributed by atoms with Gasteiger partial charge in [-0.25, -0.2) is 15.0 Å². The van der Waals surface area contributed by atoms with Crippen molar-refractivity contribution in [2.24, 2.45) is 0 Å². The highest BCUT2D eigenvalue weighted by molar-refractivity contribution is 6.08. The molecule has 0 saturated heterocycles. The Morgan fingerprint density at radius 1 is 0.365 bits per heavy atom. The number of fused-ring (bicyclic) bond motifs is 12. The highest BCUT2D eigenvalue weighted by atomic mass is 16.3. The Hall–Kier alpha value is -6.91. The molecule has 2 aliphatic carbocycles. The summed E-state index contributed by atoms with van der Waals surface area (Å²) in [4.78, 5) is 15.2. The van der Waals surface area contributed by atoms with Gasteiger partial charge in [0, 0.05) is 27.5 Å². The lowest BCUT2D eigenvalue weighted by Crippen LogP contribution is -2.30. The van der Waals surface area contributed by atoms with Gasteiger partial charge in [-0.2, -0.15) is 0 Å². The Morgan fingerprint density at radius 2 is 0.962 bits per heavy atom. The molecular formula is C48H29N3O. The van der Waals surface area contributed by atoms with Gasteiger partial charge >= 0.3 is 0 Å². The van der Waals surface area contributed by atoms with Crippen molar-refractivity contribution >= 4 is 34.1 Å². The number of aromatic nitrogens is 3. The van der Waals surface area contributed by atoms with Crippen molar-refractivity contribution in [2.45, 2.75) is 5.41 Å². The predicted molar refractivity (Wildman–Crippen MR) is 210 cm³/mol. The number of rotatable bonds is 3. The molecule has 0 radical (unpaired) electrons. The zero-order valence-electron chi connectivity index (χ0n) is 28.0. The Morgan fingerprint density at radius 3 is 1.71 bits per heavy atom. The molecule has 9 aromatic rings. The Bertz CT molecular complexity index is 2850. The Balaban J connectivity index is 1.23. The summed E-state index contributed by atoms with van der Waals surface area (Å²) in [6, 6.07) is 57.7. The van der Waals surface area contributed by atoms with Gasteiger partial charge < -0.3 is 4.42 Å². The van der Waals surface area contributed by atoms with E-state index in [1.54, 1.807) is 0 Å². The van der Waals surface area contributed by atoms with E-state index in [-0.39, 0.29) is 0 Å². The fraction of sp³-hybridized carbons (Fsp3) is 0.0208. The van der Waals surface area contributed by atoms with E-state index in [0.717, 1.165) is 44.2 Å². The second kappa shape index (κ2) is 11.0. The van der Waals surface area contributed by atoms with E-state index in [2.05, 4.69) is 109 Å². The Kier molecular flexibility index (Phi) is 6.13. The number of furan rings is 1. The van der Waals surface area contributed by atoms with Gasteiger partial charge in [0.25, 0.3) is 0 Å². The highest BCUT2D eigenvalue weighted by Crippen LogP contribution is 2.59. The monoisotopic (exact) mass is 663 g/mol. The van der Waals surface area contributed by atoms with Crippen LogP contribution in [-0.4, -0.2) is 15.0 Å². The normalized spacial score (nSPS) is 15.3. The number of hydrogen-bond acceptors (Lipinski definition) is 4. The van der Waals surface area contributed by atoms with Crippen LogP contribution in [0.25, 0.3) is 79.4 Å². The minimum absolute atomic E-state index is 0.624. The van der Waals surface area contributed by atoms with Gasteiger partial charge in [0.1, 0.15) is 11.2 Å². The molecule has 1 unspecified atom stereocenters. The zero-order chi connectivity index (χ0) is 34.2. The molecule has 0 amide bonds. The summed E-state index contributed by atoms with van der Waals surface area (Å²) in [5.74, 6) is 1.92. The van der Waals surface area contributed by atoms with E-state index in [9.17, 15) is 0 Å². The van der Waals surface area contributed by atoms with E-state index in [4.69, 9.17) is 19.4 Å². The van der Waals surface area contributed by atoms with Gasteiger partial charge in [-0.05, 0) is 68.8 Å². The maximum absolute atomic E-state index is 6.47. The van der Waals surface area contributed by atoms with Gasteiger partial charge in [-0.3, -0.25) is 0 Å². The third-order valence-corrected chi connectivity index (χ3v) is 10.8. The predicted octanol–water partition coefficient (Wildman–Crippen LogP) is 11.6. The van der Waals surface area contributed by atoms with Crippen LogP contribution >= 0.6 is 0 Å². The third kappa shape index (κ3) is 4.12. The average molecular weight is 664 g/mol. The van der Waals surface area contributed by atoms with Crippen LogP contribution in [0.3, 0.4) is 0 Å². The molecule has 2 aromatic heterocycles. The first kappa shape index (κ1) is 28.9. The molecule has 4 heteroatoms. The van der Waals surface area contributed by atoms with Crippen molar-refractivity contribution in [3.8, 4) is 45.3 Å². The molecular weight excluding hydrogens is 635 g/mol. The number of nitrogens with zero attached hydrogens (tertiary/aromatic N) is 3. The maximum atomic E-state index is 6.47. The molecule has 11 rings (SSSR count). The first-order chi connectivity index (χ1) is 25.8. The van der Waals surface area contributed by atoms with Gasteiger partial charge in [0.2, 0.25) is 0 Å². The van der Waals surface area contributed by atoms with Crippen LogP contribution in [-0.2, 0) is 5.41 Å². The van der Waals surface area contributed by atoms with E-state index >= 15 is 0 Å². The van der Waals surface area contributed by atoms with Crippen LogP contribution in [0.1, 0.15) is 33.4 Å². The summed E-state index contributed by atoms with van der Waals surface area (Å²) in [6.07, 6.45) is 4.52. The lowest BCUT2D eigenvalue weighted by molar-refractivity contribution is 0.668. The van der Waals surface area contributed by atoms with E-state index in [1.807, 2.05) is 66.7 Å². The lowest BCUT2D eigenvalue weighted by Gasteiger charge is -2.35. The molecule has 7 aromatic carbocycles. The van der Waals surface area contributed by atoms with Crippen molar-refractivity contribution in [1.82, 2.24) is 15.0 Å². The summed E-state index contributed by atoms with van der Waals surface area (Å²) in [5, 5.41) is 2.24. The topological polar surface area (TPSA) is 51.8 Å². The number of para-hydroxylation sites is 1. The Labute approximate surface area is 300 Å². The van der Waals surface area contributed by atoms with Crippen LogP contribution in [0.2, 0.25) is 0 Å². The summed E-state index contributed by atoms with van der Waals surface area (Å²) >= 11 is 0. The summed E-state index contributed by atoms with van der Waals surface area (Å²) < 4.78 is 6.47. The quantitative estimate of drug-likeness (QED) is 0.189. The minimum Gasteiger partial charge on any atom is -0.456 e. The van der Waals surface area contributed by atoms with Crippen LogP contribution in [0.4, 0.5) is 0 Å². The van der Waals surface area contributed by atoms with Crippen molar-refractivity contribution < 1.29 is 4.42 Å². The van der Waals surface area contributed by atoms with Crippen LogP contribution in [0.5, 0.6) is 0 Å². The van der Waals surface area contributed by atoms with Crippen LogP contribution < -0.4 is 0 Å². The van der Waals surface area contributed by atoms with Gasteiger partial charge in [-0.15, -0.1) is 0 Å². The van der Waals surface area contributed by atoms with Gasteiger partial charge in [-0.1, -0.05) is 152 Å². The van der Waals surface area contributed by atoms with Crippen molar-refractivity contribution in [1.29, 1.82) is 0 Å². The van der Waals surface area contributed by atoms with Crippen molar-refractivity contribution in [3.05, 3.63) is 197 Å². The highest BCUT2D eigenvalue weighted by Gasteiger charge is 2.49.